The van der Waals surface area contributed by atoms with Crippen LogP contribution in [-0.4, -0.2) is 34.8 Å². The highest BCUT2D eigenvalue weighted by Crippen LogP contribution is 2.21. The molecule has 1 unspecified atom stereocenters. The van der Waals surface area contributed by atoms with E-state index >= 15 is 0 Å². The molecule has 0 aliphatic carbocycles. The number of carbonyl (C=O) groups excluding carboxylic acids is 1. The summed E-state index contributed by atoms with van der Waals surface area (Å²) in [6.07, 6.45) is 6.23. The van der Waals surface area contributed by atoms with Crippen LogP contribution in [0.4, 0.5) is 0 Å². The van der Waals surface area contributed by atoms with Gasteiger partial charge in [0.2, 0.25) is 0 Å². The maximum atomic E-state index is 12.4. The Labute approximate surface area is 116 Å². The van der Waals surface area contributed by atoms with Crippen molar-refractivity contribution in [3.05, 3.63) is 23.0 Å². The highest BCUT2D eigenvalue weighted by molar-refractivity contribution is 5.98. The number of hydrogen-bond acceptors (Lipinski definition) is 2. The zero-order chi connectivity index (χ0) is 13.8. The first-order valence-electron chi connectivity index (χ1n) is 7.55. The van der Waals surface area contributed by atoms with Crippen LogP contribution in [-0.2, 0) is 0 Å². The molecule has 3 heteroatoms. The molecule has 0 amide bonds. The second-order valence-corrected chi connectivity index (χ2v) is 5.82. The number of nitrogens with one attached hydrogen (secondary N) is 1. The van der Waals surface area contributed by atoms with Crippen LogP contribution in [0.5, 0.6) is 0 Å². The Bertz CT molecular complexity index is 434. The maximum Gasteiger partial charge on any atom is 0.178 e. The number of Topliss-reactive ketones (excluding diaryl/α,β-unsaturated/α-hetero) is 1. The first-order valence-corrected chi connectivity index (χ1v) is 7.55. The van der Waals surface area contributed by atoms with Crippen molar-refractivity contribution in [1.29, 1.82) is 0 Å². The summed E-state index contributed by atoms with van der Waals surface area (Å²) < 4.78 is 0. The van der Waals surface area contributed by atoms with Crippen LogP contribution >= 0.6 is 0 Å². The number of aromatic nitrogens is 1. The van der Waals surface area contributed by atoms with Gasteiger partial charge in [-0.3, -0.25) is 9.69 Å². The normalized spacial score (nSPS) is 20.7. The topological polar surface area (TPSA) is 36.1 Å². The lowest BCUT2D eigenvalue weighted by Crippen LogP contribution is -2.42. The number of likely N-dealkylation sites (tertiary alicyclic amines) is 1. The molecule has 1 saturated heterocycles. The largest absolute Gasteiger partial charge is 0.362 e. The van der Waals surface area contributed by atoms with Gasteiger partial charge in [0, 0.05) is 23.0 Å². The number of piperidine rings is 1. The lowest BCUT2D eigenvalue weighted by molar-refractivity contribution is 0.0830. The summed E-state index contributed by atoms with van der Waals surface area (Å²) >= 11 is 0. The van der Waals surface area contributed by atoms with Gasteiger partial charge in [-0.05, 0) is 45.7 Å². The molecule has 1 atom stereocenters. The molecular weight excluding hydrogens is 236 g/mol. The number of nitrogens with zero attached hydrogens (tertiary/aromatic N) is 1. The van der Waals surface area contributed by atoms with E-state index in [0.717, 1.165) is 23.5 Å². The molecule has 1 aliphatic rings. The van der Waals surface area contributed by atoms with Gasteiger partial charge in [0.15, 0.2) is 5.78 Å². The van der Waals surface area contributed by atoms with Crippen molar-refractivity contribution in [2.45, 2.75) is 58.9 Å². The smallest absolute Gasteiger partial charge is 0.178 e. The highest BCUT2D eigenvalue weighted by Gasteiger charge is 2.24. The zero-order valence-electron chi connectivity index (χ0n) is 12.5. The minimum absolute atomic E-state index is 0.268. The van der Waals surface area contributed by atoms with Gasteiger partial charge in [0.05, 0.1) is 6.54 Å². The summed E-state index contributed by atoms with van der Waals surface area (Å²) in [6, 6.07) is 2.60. The van der Waals surface area contributed by atoms with Crippen molar-refractivity contribution in [2.75, 3.05) is 13.1 Å². The fourth-order valence-electron chi connectivity index (χ4n) is 3.21. The minimum Gasteiger partial charge on any atom is -0.362 e. The van der Waals surface area contributed by atoms with Crippen LogP contribution < -0.4 is 0 Å². The third-order valence-corrected chi connectivity index (χ3v) is 4.17. The van der Waals surface area contributed by atoms with Crippen molar-refractivity contribution in [2.24, 2.45) is 0 Å². The van der Waals surface area contributed by atoms with E-state index in [1.165, 1.54) is 32.1 Å². The Kier molecular flexibility index (Phi) is 4.81. The van der Waals surface area contributed by atoms with Gasteiger partial charge in [-0.15, -0.1) is 0 Å². The molecule has 1 fully saturated rings. The Hall–Kier alpha value is -1.09. The summed E-state index contributed by atoms with van der Waals surface area (Å²) in [6.45, 7) is 7.89. The average molecular weight is 262 g/mol. The van der Waals surface area contributed by atoms with E-state index in [4.69, 9.17) is 0 Å². The Morgan fingerprint density at radius 3 is 2.84 bits per heavy atom. The van der Waals surface area contributed by atoms with E-state index < -0.39 is 0 Å². The maximum absolute atomic E-state index is 12.4. The number of aromatic amines is 1. The molecule has 106 valence electrons. The van der Waals surface area contributed by atoms with E-state index in [0.29, 0.717) is 12.6 Å². The number of rotatable bonds is 5. The SMILES string of the molecule is CCCC1CCCCN1CC(=O)c1cc(C)[nH]c1C. The second kappa shape index (κ2) is 6.38. The van der Waals surface area contributed by atoms with Crippen LogP contribution in [0.1, 0.15) is 60.8 Å². The van der Waals surface area contributed by atoms with E-state index in [1.54, 1.807) is 0 Å². The Morgan fingerprint density at radius 2 is 2.21 bits per heavy atom. The zero-order valence-corrected chi connectivity index (χ0v) is 12.5. The monoisotopic (exact) mass is 262 g/mol. The lowest BCUT2D eigenvalue weighted by Gasteiger charge is -2.35. The molecule has 19 heavy (non-hydrogen) atoms. The first kappa shape index (κ1) is 14.3. The van der Waals surface area contributed by atoms with E-state index in [9.17, 15) is 4.79 Å². The third-order valence-electron chi connectivity index (χ3n) is 4.17. The van der Waals surface area contributed by atoms with Crippen LogP contribution in [0.25, 0.3) is 0 Å². The highest BCUT2D eigenvalue weighted by atomic mass is 16.1. The van der Waals surface area contributed by atoms with E-state index in [1.807, 2.05) is 19.9 Å². The van der Waals surface area contributed by atoms with Gasteiger partial charge < -0.3 is 4.98 Å². The van der Waals surface area contributed by atoms with Gasteiger partial charge >= 0.3 is 0 Å². The van der Waals surface area contributed by atoms with Crippen molar-refractivity contribution < 1.29 is 4.79 Å². The van der Waals surface area contributed by atoms with Crippen LogP contribution in [0.2, 0.25) is 0 Å². The predicted molar refractivity (Wildman–Crippen MR) is 78.7 cm³/mol. The number of aryl methyl sites for hydroxylation is 2. The molecule has 2 heterocycles. The van der Waals surface area contributed by atoms with Gasteiger partial charge in [0.1, 0.15) is 0 Å². The standard InChI is InChI=1S/C16H26N2O/c1-4-7-14-8-5-6-9-18(14)11-16(19)15-10-12(2)17-13(15)3/h10,14,17H,4-9,11H2,1-3H3. The van der Waals surface area contributed by atoms with Crippen molar-refractivity contribution in [1.82, 2.24) is 9.88 Å². The molecule has 1 aromatic rings. The molecule has 3 nitrogen and oxygen atoms in total. The summed E-state index contributed by atoms with van der Waals surface area (Å²) in [7, 11) is 0. The molecule has 0 radical (unpaired) electrons. The number of carbonyl (C=O) groups is 1. The lowest BCUT2D eigenvalue weighted by atomic mass is 9.97. The molecule has 1 N–H and O–H groups in total. The quantitative estimate of drug-likeness (QED) is 0.825. The van der Waals surface area contributed by atoms with Crippen molar-refractivity contribution in [3.8, 4) is 0 Å². The van der Waals surface area contributed by atoms with Gasteiger partial charge in [0.25, 0.3) is 0 Å². The van der Waals surface area contributed by atoms with Gasteiger partial charge in [-0.1, -0.05) is 19.8 Å². The predicted octanol–water partition coefficient (Wildman–Crippen LogP) is 3.47. The summed E-state index contributed by atoms with van der Waals surface area (Å²) in [5, 5.41) is 0. The number of ketones is 1. The van der Waals surface area contributed by atoms with Crippen molar-refractivity contribution in [3.63, 3.8) is 0 Å². The molecule has 0 spiro atoms. The summed E-state index contributed by atoms with van der Waals surface area (Å²) in [5.74, 6) is 0.268. The summed E-state index contributed by atoms with van der Waals surface area (Å²) in [4.78, 5) is 18.1. The third kappa shape index (κ3) is 3.47. The molecule has 1 aromatic heterocycles. The number of H-pyrrole nitrogens is 1. The van der Waals surface area contributed by atoms with Crippen LogP contribution in [0, 0.1) is 13.8 Å². The molecule has 0 aromatic carbocycles. The fourth-order valence-corrected chi connectivity index (χ4v) is 3.21. The second-order valence-electron chi connectivity index (χ2n) is 5.82. The van der Waals surface area contributed by atoms with Crippen LogP contribution in [0.3, 0.4) is 0 Å². The average Bonchev–Trinajstić information content (AvgIpc) is 2.71. The van der Waals surface area contributed by atoms with E-state index in [-0.39, 0.29) is 5.78 Å². The molecule has 2 rings (SSSR count). The first-order chi connectivity index (χ1) is 9.11. The van der Waals surface area contributed by atoms with Crippen LogP contribution in [0.15, 0.2) is 6.07 Å². The van der Waals surface area contributed by atoms with Crippen molar-refractivity contribution >= 4 is 5.78 Å². The molecule has 0 saturated carbocycles. The summed E-state index contributed by atoms with van der Waals surface area (Å²) in [5.41, 5.74) is 2.95. The molecule has 1 aliphatic heterocycles. The number of hydrogen-bond donors (Lipinski definition) is 1. The molecular formula is C16H26N2O. The van der Waals surface area contributed by atoms with Gasteiger partial charge in [-0.2, -0.15) is 0 Å². The van der Waals surface area contributed by atoms with E-state index in [2.05, 4.69) is 16.8 Å². The Balaban J connectivity index is 2.02. The fraction of sp³-hybridized carbons (Fsp3) is 0.688. The molecule has 0 bridgehead atoms. The van der Waals surface area contributed by atoms with Gasteiger partial charge in [-0.25, -0.2) is 0 Å². The minimum atomic E-state index is 0.268. The Morgan fingerprint density at radius 1 is 1.42 bits per heavy atom.